The molecular formula is C46H51N5O5. The summed E-state index contributed by atoms with van der Waals surface area (Å²) < 4.78 is 19.5. The molecule has 5 aromatic rings. The highest BCUT2D eigenvalue weighted by atomic mass is 16.5. The van der Waals surface area contributed by atoms with E-state index in [0.29, 0.717) is 52.7 Å². The van der Waals surface area contributed by atoms with E-state index < -0.39 is 0 Å². The molecule has 8 rings (SSSR count). The van der Waals surface area contributed by atoms with E-state index >= 15 is 0 Å². The minimum atomic E-state index is -0.0747. The number of fused-ring (bicyclic) bond motifs is 3. The summed E-state index contributed by atoms with van der Waals surface area (Å²) in [7, 11) is 1.61. The lowest BCUT2D eigenvalue weighted by molar-refractivity contribution is 0.0774. The highest BCUT2D eigenvalue weighted by Crippen LogP contribution is 2.38. The first-order valence-electron chi connectivity index (χ1n) is 20.4. The van der Waals surface area contributed by atoms with Crippen molar-refractivity contribution in [2.45, 2.75) is 76.7 Å². The zero-order chi connectivity index (χ0) is 38.3. The number of hydrogen-bond acceptors (Lipinski definition) is 8. The number of ether oxygens (including phenoxy) is 3. The quantitative estimate of drug-likeness (QED) is 0.0984. The van der Waals surface area contributed by atoms with Crippen molar-refractivity contribution in [2.24, 2.45) is 4.99 Å². The number of carbonyl (C=O) groups is 1. The number of anilines is 1. The molecule has 10 nitrogen and oxygen atoms in total. The standard InChI is InChI=1S/C46H51N5O5/c1-54-42-30-39-41(47-32-36-17-14-26-50(36)45(39)52)31-43(42)56-28-13-5-3-2-4-12-27-55-37-21-18-34(19-22-37)51-44(33-15-8-6-9-16-33)48-40-23-20-35(29-38(40)46(51)53)49-24-10-7-11-25-49/h6,8-9,15-16,18-23,29-32,36H,2-5,7,10-14,17,24-28H2,1H3/t36-/m0/s1. The molecule has 0 unspecified atom stereocenters. The van der Waals surface area contributed by atoms with Crippen LogP contribution in [0.4, 0.5) is 11.4 Å². The van der Waals surface area contributed by atoms with Gasteiger partial charge in [0, 0.05) is 43.2 Å². The summed E-state index contributed by atoms with van der Waals surface area (Å²) in [6.45, 7) is 4.01. The number of aliphatic imine (C=N–C) groups is 1. The molecule has 3 aliphatic rings. The highest BCUT2D eigenvalue weighted by Gasteiger charge is 2.32. The lowest BCUT2D eigenvalue weighted by Gasteiger charge is -2.29. The Labute approximate surface area is 328 Å². The van der Waals surface area contributed by atoms with Crippen LogP contribution in [0.2, 0.25) is 0 Å². The van der Waals surface area contributed by atoms with Crippen LogP contribution in [0.25, 0.3) is 28.0 Å². The van der Waals surface area contributed by atoms with E-state index in [1.165, 1.54) is 19.3 Å². The summed E-state index contributed by atoms with van der Waals surface area (Å²) in [5.74, 6) is 2.61. The number of unbranched alkanes of at least 4 members (excludes halogenated alkanes) is 5. The van der Waals surface area contributed by atoms with E-state index in [-0.39, 0.29) is 17.5 Å². The fraction of sp³-hybridized carbons (Fsp3) is 0.391. The molecule has 4 heterocycles. The Kier molecular flexibility index (Phi) is 11.6. The average Bonchev–Trinajstić information content (AvgIpc) is 3.68. The van der Waals surface area contributed by atoms with Gasteiger partial charge in [-0.05, 0) is 93.5 Å². The predicted octanol–water partition coefficient (Wildman–Crippen LogP) is 9.17. The maximum absolute atomic E-state index is 14.2. The van der Waals surface area contributed by atoms with Gasteiger partial charge in [0.05, 0.1) is 54.2 Å². The summed E-state index contributed by atoms with van der Waals surface area (Å²) in [5, 5.41) is 0.625. The van der Waals surface area contributed by atoms with E-state index in [0.717, 1.165) is 93.7 Å². The van der Waals surface area contributed by atoms with Crippen molar-refractivity contribution >= 4 is 34.4 Å². The monoisotopic (exact) mass is 753 g/mol. The molecular weight excluding hydrogens is 703 g/mol. The fourth-order valence-corrected chi connectivity index (χ4v) is 8.14. The van der Waals surface area contributed by atoms with Crippen LogP contribution < -0.4 is 24.7 Å². The van der Waals surface area contributed by atoms with Crippen molar-refractivity contribution in [1.29, 1.82) is 0 Å². The van der Waals surface area contributed by atoms with Gasteiger partial charge in [-0.1, -0.05) is 56.0 Å². The van der Waals surface area contributed by atoms with Gasteiger partial charge in [0.15, 0.2) is 11.5 Å². The van der Waals surface area contributed by atoms with Crippen LogP contribution in [-0.4, -0.2) is 72.6 Å². The maximum Gasteiger partial charge on any atom is 0.266 e. The lowest BCUT2D eigenvalue weighted by Crippen LogP contribution is -2.35. The van der Waals surface area contributed by atoms with Crippen LogP contribution in [0.15, 0.2) is 94.7 Å². The molecule has 1 aromatic heterocycles. The van der Waals surface area contributed by atoms with E-state index in [1.54, 1.807) is 17.7 Å². The molecule has 0 radical (unpaired) electrons. The highest BCUT2D eigenvalue weighted by molar-refractivity contribution is 6.03. The second kappa shape index (κ2) is 17.4. The summed E-state index contributed by atoms with van der Waals surface area (Å²) in [4.78, 5) is 41.3. The first kappa shape index (κ1) is 37.3. The second-order valence-electron chi connectivity index (χ2n) is 15.0. The fourth-order valence-electron chi connectivity index (χ4n) is 8.14. The van der Waals surface area contributed by atoms with Gasteiger partial charge in [0.25, 0.3) is 11.5 Å². The third kappa shape index (κ3) is 8.15. The smallest absolute Gasteiger partial charge is 0.266 e. The van der Waals surface area contributed by atoms with Crippen molar-refractivity contribution in [3.63, 3.8) is 0 Å². The molecule has 4 aromatic carbocycles. The summed E-state index contributed by atoms with van der Waals surface area (Å²) in [6, 6.07) is 27.5. The van der Waals surface area contributed by atoms with Crippen LogP contribution >= 0.6 is 0 Å². The van der Waals surface area contributed by atoms with Gasteiger partial charge in [-0.3, -0.25) is 19.1 Å². The van der Waals surface area contributed by atoms with Gasteiger partial charge < -0.3 is 24.0 Å². The van der Waals surface area contributed by atoms with Gasteiger partial charge >= 0.3 is 0 Å². The van der Waals surface area contributed by atoms with Crippen LogP contribution in [0.3, 0.4) is 0 Å². The number of hydrogen-bond donors (Lipinski definition) is 0. The molecule has 0 bridgehead atoms. The Morgan fingerprint density at radius 1 is 0.714 bits per heavy atom. The molecule has 0 spiro atoms. The largest absolute Gasteiger partial charge is 0.494 e. The molecule has 290 valence electrons. The number of methoxy groups -OCH3 is 1. The summed E-state index contributed by atoms with van der Waals surface area (Å²) in [6.07, 6.45) is 13.8. The number of carbonyl (C=O) groups excluding carboxylic acids is 1. The first-order chi connectivity index (χ1) is 27.6. The molecule has 1 amide bonds. The Bertz CT molecular complexity index is 2230. The van der Waals surface area contributed by atoms with Crippen LogP contribution in [0.1, 0.15) is 81.0 Å². The van der Waals surface area contributed by atoms with Gasteiger partial charge in [0.1, 0.15) is 11.6 Å². The number of piperidine rings is 1. The molecule has 0 saturated carbocycles. The van der Waals surface area contributed by atoms with Gasteiger partial charge in [-0.25, -0.2) is 4.98 Å². The van der Waals surface area contributed by atoms with Gasteiger partial charge in [0.2, 0.25) is 0 Å². The Hall–Kier alpha value is -5.64. The molecule has 2 fully saturated rings. The molecule has 0 aliphatic carbocycles. The number of nitrogens with zero attached hydrogens (tertiary/aromatic N) is 5. The van der Waals surface area contributed by atoms with E-state index in [9.17, 15) is 9.59 Å². The van der Waals surface area contributed by atoms with Crippen molar-refractivity contribution in [3.8, 4) is 34.3 Å². The molecule has 0 N–H and O–H groups in total. The molecule has 56 heavy (non-hydrogen) atoms. The Morgan fingerprint density at radius 2 is 1.45 bits per heavy atom. The summed E-state index contributed by atoms with van der Waals surface area (Å²) in [5.41, 5.74) is 4.58. The number of benzene rings is 4. The van der Waals surface area contributed by atoms with Crippen molar-refractivity contribution in [1.82, 2.24) is 14.5 Å². The zero-order valence-corrected chi connectivity index (χ0v) is 32.3. The Balaban J connectivity index is 0.816. The van der Waals surface area contributed by atoms with Crippen LogP contribution in [0, 0.1) is 0 Å². The minimum absolute atomic E-state index is 0.0138. The minimum Gasteiger partial charge on any atom is -0.494 e. The van der Waals surface area contributed by atoms with Gasteiger partial charge in [-0.2, -0.15) is 0 Å². The SMILES string of the molecule is COc1cc2c(cc1OCCCCCCCCOc1ccc(-n3c(-c4ccccc4)nc4ccc(N5CCCCC5)cc4c3=O)cc1)N=C[C@@H]1CCCN1C2=O. The summed E-state index contributed by atoms with van der Waals surface area (Å²) >= 11 is 0. The predicted molar refractivity (Wildman–Crippen MR) is 223 cm³/mol. The topological polar surface area (TPSA) is 98.5 Å². The molecule has 10 heteroatoms. The number of aromatic nitrogens is 2. The average molecular weight is 754 g/mol. The third-order valence-corrected chi connectivity index (χ3v) is 11.2. The second-order valence-corrected chi connectivity index (χ2v) is 15.0. The first-order valence-corrected chi connectivity index (χ1v) is 20.4. The zero-order valence-electron chi connectivity index (χ0n) is 32.3. The molecule has 3 aliphatic heterocycles. The molecule has 1 atom stereocenters. The number of amides is 1. The molecule has 2 saturated heterocycles. The van der Waals surface area contributed by atoms with E-state index in [1.807, 2.05) is 83.9 Å². The maximum atomic E-state index is 14.2. The normalized spacial score (nSPS) is 16.4. The Morgan fingerprint density at radius 3 is 2.21 bits per heavy atom. The van der Waals surface area contributed by atoms with E-state index in [2.05, 4.69) is 16.0 Å². The van der Waals surface area contributed by atoms with E-state index in [4.69, 9.17) is 19.2 Å². The lowest BCUT2D eigenvalue weighted by atomic mass is 10.1. The third-order valence-electron chi connectivity index (χ3n) is 11.2. The van der Waals surface area contributed by atoms with Gasteiger partial charge in [-0.15, -0.1) is 0 Å². The van der Waals surface area contributed by atoms with Crippen molar-refractivity contribution < 1.29 is 19.0 Å². The number of rotatable bonds is 15. The van der Waals surface area contributed by atoms with Crippen molar-refractivity contribution in [3.05, 3.63) is 101 Å². The van der Waals surface area contributed by atoms with Crippen LogP contribution in [-0.2, 0) is 0 Å². The van der Waals surface area contributed by atoms with Crippen LogP contribution in [0.5, 0.6) is 17.2 Å². The van der Waals surface area contributed by atoms with Crippen molar-refractivity contribution in [2.75, 3.05) is 44.9 Å².